The summed E-state index contributed by atoms with van der Waals surface area (Å²) in [5, 5.41) is 0. The van der Waals surface area contributed by atoms with Gasteiger partial charge in [0.05, 0.1) is 10.2 Å². The lowest BCUT2D eigenvalue weighted by atomic mass is 10.1. The molecule has 0 fully saturated rings. The summed E-state index contributed by atoms with van der Waals surface area (Å²) in [6, 6.07) is 3.25. The number of ketones is 1. The number of ether oxygens (including phenoxy) is 1. The Hall–Kier alpha value is -0.910. The van der Waals surface area contributed by atoms with Crippen molar-refractivity contribution < 1.29 is 14.3 Å². The van der Waals surface area contributed by atoms with Gasteiger partial charge < -0.3 is 4.74 Å². The van der Waals surface area contributed by atoms with Crippen LogP contribution in [0.1, 0.15) is 34.6 Å². The van der Waals surface area contributed by atoms with Gasteiger partial charge in [-0.05, 0) is 48.6 Å². The molecule has 0 aromatic heterocycles. The van der Waals surface area contributed by atoms with Crippen molar-refractivity contribution in [2.24, 2.45) is 0 Å². The lowest BCUT2D eigenvalue weighted by molar-refractivity contribution is 0.101. The van der Waals surface area contributed by atoms with E-state index in [0.717, 1.165) is 9.86 Å². The van der Waals surface area contributed by atoms with Crippen LogP contribution in [-0.2, 0) is 0 Å². The van der Waals surface area contributed by atoms with Gasteiger partial charge in [0.2, 0.25) is 0 Å². The van der Waals surface area contributed by atoms with Crippen LogP contribution in [0, 0.1) is 3.57 Å². The number of carbonyl (C=O) groups excluding carboxylic acids is 2. The number of Topliss-reactive ketones (excluding diaryl/α,β-unsaturated/α-hetero) is 1. The molecule has 0 aliphatic carbocycles. The fourth-order valence-corrected chi connectivity index (χ4v) is 1.76. The summed E-state index contributed by atoms with van der Waals surface area (Å²) >= 11 is 2.04. The molecule has 0 spiro atoms. The normalized spacial score (nSPS) is 9.80. The lowest BCUT2D eigenvalue weighted by Crippen LogP contribution is -2.01. The molecule has 0 amide bonds. The van der Waals surface area contributed by atoms with Crippen molar-refractivity contribution in [3.63, 3.8) is 0 Å². The van der Waals surface area contributed by atoms with Gasteiger partial charge >= 0.3 is 0 Å². The Bertz CT molecular complexity index is 399. The van der Waals surface area contributed by atoms with Crippen LogP contribution in [0.25, 0.3) is 0 Å². The van der Waals surface area contributed by atoms with Gasteiger partial charge in [0.1, 0.15) is 5.75 Å². The van der Waals surface area contributed by atoms with E-state index in [0.29, 0.717) is 23.5 Å². The van der Waals surface area contributed by atoms with Crippen LogP contribution in [0.2, 0.25) is 0 Å². The molecule has 0 aliphatic heterocycles. The highest BCUT2D eigenvalue weighted by molar-refractivity contribution is 14.1. The van der Waals surface area contributed by atoms with Gasteiger partial charge in [-0.15, -0.1) is 0 Å². The molecule has 0 radical (unpaired) electrons. The van der Waals surface area contributed by atoms with Gasteiger partial charge in [0, 0.05) is 11.1 Å². The molecule has 1 aromatic rings. The third-order valence-corrected chi connectivity index (χ3v) is 3.06. The zero-order chi connectivity index (χ0) is 11.4. The largest absolute Gasteiger partial charge is 0.493 e. The molecule has 1 rings (SSSR count). The minimum atomic E-state index is -0.0737. The van der Waals surface area contributed by atoms with E-state index < -0.39 is 0 Å². The number of hydrogen-bond donors (Lipinski definition) is 0. The summed E-state index contributed by atoms with van der Waals surface area (Å²) in [5.41, 5.74) is 0.993. The summed E-state index contributed by atoms with van der Waals surface area (Å²) < 4.78 is 6.10. The molecule has 3 nitrogen and oxygen atoms in total. The first-order chi connectivity index (χ1) is 7.10. The molecule has 0 unspecified atom stereocenters. The maximum absolute atomic E-state index is 11.2. The van der Waals surface area contributed by atoms with Crippen LogP contribution in [-0.4, -0.2) is 18.7 Å². The highest BCUT2D eigenvalue weighted by Crippen LogP contribution is 2.26. The van der Waals surface area contributed by atoms with Crippen molar-refractivity contribution in [1.82, 2.24) is 0 Å². The van der Waals surface area contributed by atoms with E-state index in [-0.39, 0.29) is 5.78 Å². The maximum Gasteiger partial charge on any atom is 0.159 e. The van der Waals surface area contributed by atoms with Crippen molar-refractivity contribution in [2.75, 3.05) is 6.61 Å². The Kier molecular flexibility index (Phi) is 4.26. The van der Waals surface area contributed by atoms with E-state index in [2.05, 4.69) is 0 Å². The van der Waals surface area contributed by atoms with Crippen molar-refractivity contribution in [1.29, 1.82) is 0 Å². The number of rotatable bonds is 4. The highest BCUT2D eigenvalue weighted by Gasteiger charge is 2.11. The van der Waals surface area contributed by atoms with Crippen molar-refractivity contribution in [3.8, 4) is 5.75 Å². The summed E-state index contributed by atoms with van der Waals surface area (Å²) in [6.07, 6.45) is 0.733. The molecular formula is C11H11IO3. The predicted molar refractivity (Wildman–Crippen MR) is 65.7 cm³/mol. The second-order valence-corrected chi connectivity index (χ2v) is 4.06. The van der Waals surface area contributed by atoms with Gasteiger partial charge in [-0.2, -0.15) is 0 Å². The van der Waals surface area contributed by atoms with E-state index in [1.54, 1.807) is 12.1 Å². The van der Waals surface area contributed by atoms with Gasteiger partial charge in [-0.3, -0.25) is 9.59 Å². The zero-order valence-electron chi connectivity index (χ0n) is 8.54. The minimum absolute atomic E-state index is 0.0737. The number of aldehydes is 1. The molecule has 0 saturated heterocycles. The summed E-state index contributed by atoms with van der Waals surface area (Å²) in [4.78, 5) is 22.0. The molecular weight excluding hydrogens is 307 g/mol. The fraction of sp³-hybridized carbons (Fsp3) is 0.273. The molecule has 15 heavy (non-hydrogen) atoms. The topological polar surface area (TPSA) is 43.4 Å². The first-order valence-corrected chi connectivity index (χ1v) is 5.60. The highest BCUT2D eigenvalue weighted by atomic mass is 127. The van der Waals surface area contributed by atoms with Crippen LogP contribution in [0.5, 0.6) is 5.75 Å². The van der Waals surface area contributed by atoms with Gasteiger partial charge in [0.15, 0.2) is 12.1 Å². The fourth-order valence-electron chi connectivity index (χ4n) is 1.17. The molecule has 0 aliphatic rings. The summed E-state index contributed by atoms with van der Waals surface area (Å²) in [6.45, 7) is 3.83. The van der Waals surface area contributed by atoms with Crippen molar-refractivity contribution >= 4 is 34.7 Å². The Morgan fingerprint density at radius 1 is 1.53 bits per heavy atom. The third kappa shape index (κ3) is 2.77. The number of carbonyl (C=O) groups is 2. The Balaban J connectivity index is 3.31. The molecule has 0 bridgehead atoms. The first-order valence-electron chi connectivity index (χ1n) is 4.52. The Labute approximate surface area is 102 Å². The van der Waals surface area contributed by atoms with Crippen LogP contribution < -0.4 is 4.74 Å². The summed E-state index contributed by atoms with van der Waals surface area (Å²) in [5.74, 6) is 0.517. The van der Waals surface area contributed by atoms with Crippen LogP contribution in [0.4, 0.5) is 0 Å². The first kappa shape index (κ1) is 12.2. The monoisotopic (exact) mass is 318 g/mol. The van der Waals surface area contributed by atoms with Crippen LogP contribution in [0.3, 0.4) is 0 Å². The minimum Gasteiger partial charge on any atom is -0.493 e. The van der Waals surface area contributed by atoms with Crippen molar-refractivity contribution in [3.05, 3.63) is 26.8 Å². The van der Waals surface area contributed by atoms with Gasteiger partial charge in [-0.25, -0.2) is 0 Å². The van der Waals surface area contributed by atoms with E-state index in [4.69, 9.17) is 4.74 Å². The van der Waals surface area contributed by atoms with Crippen LogP contribution >= 0.6 is 22.6 Å². The van der Waals surface area contributed by atoms with E-state index >= 15 is 0 Å². The SMILES string of the molecule is CCOc1cc(C(C)=O)cc(C=O)c1I. The van der Waals surface area contributed by atoms with E-state index in [9.17, 15) is 9.59 Å². The predicted octanol–water partition coefficient (Wildman–Crippen LogP) is 2.71. The molecule has 0 heterocycles. The standard InChI is InChI=1S/C11H11IO3/c1-3-15-10-5-8(7(2)14)4-9(6-13)11(10)12/h4-6H,3H2,1-2H3. The second kappa shape index (κ2) is 5.25. The quantitative estimate of drug-likeness (QED) is 0.487. The average Bonchev–Trinajstić information content (AvgIpc) is 2.21. The van der Waals surface area contributed by atoms with E-state index in [1.807, 2.05) is 29.5 Å². The molecule has 4 heteroatoms. The number of halogens is 1. The molecule has 1 aromatic carbocycles. The molecule has 80 valence electrons. The third-order valence-electron chi connectivity index (χ3n) is 1.90. The Morgan fingerprint density at radius 3 is 2.67 bits per heavy atom. The number of hydrogen-bond acceptors (Lipinski definition) is 3. The van der Waals surface area contributed by atoms with Gasteiger partial charge in [0.25, 0.3) is 0 Å². The number of benzene rings is 1. The van der Waals surface area contributed by atoms with Crippen molar-refractivity contribution in [2.45, 2.75) is 13.8 Å². The molecule has 0 N–H and O–H groups in total. The lowest BCUT2D eigenvalue weighted by Gasteiger charge is -2.09. The second-order valence-electron chi connectivity index (χ2n) is 2.98. The maximum atomic E-state index is 11.2. The molecule has 0 atom stereocenters. The summed E-state index contributed by atoms with van der Waals surface area (Å²) in [7, 11) is 0. The molecule has 0 saturated carbocycles. The zero-order valence-corrected chi connectivity index (χ0v) is 10.7. The smallest absolute Gasteiger partial charge is 0.159 e. The average molecular weight is 318 g/mol. The van der Waals surface area contributed by atoms with Gasteiger partial charge in [-0.1, -0.05) is 0 Å². The Morgan fingerprint density at radius 2 is 2.20 bits per heavy atom. The van der Waals surface area contributed by atoms with E-state index in [1.165, 1.54) is 6.92 Å². The van der Waals surface area contributed by atoms with Crippen LogP contribution in [0.15, 0.2) is 12.1 Å².